The predicted octanol–water partition coefficient (Wildman–Crippen LogP) is 5.37. The lowest BCUT2D eigenvalue weighted by Crippen LogP contribution is -2.16. The summed E-state index contributed by atoms with van der Waals surface area (Å²) in [5.41, 5.74) is 2.44. The summed E-state index contributed by atoms with van der Waals surface area (Å²) in [6.45, 7) is 2.24. The van der Waals surface area contributed by atoms with Crippen LogP contribution < -0.4 is 5.32 Å². The SMILES string of the molecule is CCCCC(/C=C/c1ccccc1)Nc1ccccc1. The second-order valence-electron chi connectivity index (χ2n) is 5.03. The highest BCUT2D eigenvalue weighted by atomic mass is 14.9. The topological polar surface area (TPSA) is 12.0 Å². The number of anilines is 1. The normalized spacial score (nSPS) is 12.4. The molecule has 0 heterocycles. The smallest absolute Gasteiger partial charge is 0.0447 e. The van der Waals surface area contributed by atoms with Crippen molar-refractivity contribution in [2.75, 3.05) is 5.32 Å². The Morgan fingerprint density at radius 1 is 0.950 bits per heavy atom. The van der Waals surface area contributed by atoms with Crippen molar-refractivity contribution in [3.05, 3.63) is 72.3 Å². The Morgan fingerprint density at radius 2 is 1.60 bits per heavy atom. The van der Waals surface area contributed by atoms with Gasteiger partial charge in [0.2, 0.25) is 0 Å². The molecule has 1 unspecified atom stereocenters. The average molecular weight is 265 g/mol. The van der Waals surface area contributed by atoms with Crippen LogP contribution in [0.15, 0.2) is 66.7 Å². The van der Waals surface area contributed by atoms with E-state index in [9.17, 15) is 0 Å². The zero-order valence-electron chi connectivity index (χ0n) is 12.1. The molecule has 0 saturated carbocycles. The highest BCUT2D eigenvalue weighted by Gasteiger charge is 2.03. The third kappa shape index (κ3) is 4.93. The second kappa shape index (κ2) is 8.21. The summed E-state index contributed by atoms with van der Waals surface area (Å²) in [7, 11) is 0. The number of unbranched alkanes of at least 4 members (excludes halogenated alkanes) is 1. The largest absolute Gasteiger partial charge is 0.379 e. The number of nitrogens with one attached hydrogen (secondary N) is 1. The monoisotopic (exact) mass is 265 g/mol. The summed E-state index contributed by atoms with van der Waals surface area (Å²) in [6, 6.07) is 21.3. The lowest BCUT2D eigenvalue weighted by Gasteiger charge is -2.16. The summed E-state index contributed by atoms with van der Waals surface area (Å²) in [4.78, 5) is 0. The van der Waals surface area contributed by atoms with E-state index in [-0.39, 0.29) is 0 Å². The summed E-state index contributed by atoms with van der Waals surface area (Å²) < 4.78 is 0. The standard InChI is InChI=1S/C19H23N/c1-2-3-12-19(20-18-13-8-5-9-14-18)16-15-17-10-6-4-7-11-17/h4-11,13-16,19-20H,2-3,12H2,1H3/b16-15+. The first-order valence-corrected chi connectivity index (χ1v) is 7.43. The summed E-state index contributed by atoms with van der Waals surface area (Å²) in [5, 5.41) is 3.60. The van der Waals surface area contributed by atoms with E-state index in [4.69, 9.17) is 0 Å². The van der Waals surface area contributed by atoms with Crippen LogP contribution in [0.2, 0.25) is 0 Å². The maximum Gasteiger partial charge on any atom is 0.0447 e. The molecule has 0 spiro atoms. The molecule has 0 saturated heterocycles. The Labute approximate surface area is 122 Å². The van der Waals surface area contributed by atoms with Crippen LogP contribution in [-0.4, -0.2) is 6.04 Å². The predicted molar refractivity (Wildman–Crippen MR) is 88.9 cm³/mol. The molecule has 0 amide bonds. The van der Waals surface area contributed by atoms with Crippen LogP contribution in [-0.2, 0) is 0 Å². The van der Waals surface area contributed by atoms with Gasteiger partial charge in [-0.1, -0.05) is 80.4 Å². The molecule has 2 rings (SSSR count). The van der Waals surface area contributed by atoms with E-state index in [1.165, 1.54) is 24.1 Å². The van der Waals surface area contributed by atoms with Crippen molar-refractivity contribution in [1.29, 1.82) is 0 Å². The van der Waals surface area contributed by atoms with Gasteiger partial charge in [-0.05, 0) is 24.1 Å². The molecule has 1 heteroatoms. The van der Waals surface area contributed by atoms with Crippen molar-refractivity contribution in [3.8, 4) is 0 Å². The fraction of sp³-hybridized carbons (Fsp3) is 0.263. The van der Waals surface area contributed by atoms with E-state index in [1.807, 2.05) is 12.1 Å². The first-order chi connectivity index (χ1) is 9.88. The number of para-hydroxylation sites is 1. The van der Waals surface area contributed by atoms with Gasteiger partial charge >= 0.3 is 0 Å². The number of rotatable bonds is 7. The lowest BCUT2D eigenvalue weighted by atomic mass is 10.1. The second-order valence-corrected chi connectivity index (χ2v) is 5.03. The van der Waals surface area contributed by atoms with Gasteiger partial charge in [-0.15, -0.1) is 0 Å². The zero-order valence-corrected chi connectivity index (χ0v) is 12.1. The van der Waals surface area contributed by atoms with Gasteiger partial charge in [0.05, 0.1) is 0 Å². The molecule has 2 aromatic carbocycles. The van der Waals surface area contributed by atoms with Crippen molar-refractivity contribution in [2.24, 2.45) is 0 Å². The van der Waals surface area contributed by atoms with E-state index < -0.39 is 0 Å². The van der Waals surface area contributed by atoms with E-state index in [0.717, 1.165) is 6.42 Å². The van der Waals surface area contributed by atoms with Gasteiger partial charge in [-0.2, -0.15) is 0 Å². The highest BCUT2D eigenvalue weighted by molar-refractivity contribution is 5.52. The fourth-order valence-electron chi connectivity index (χ4n) is 2.18. The maximum absolute atomic E-state index is 3.60. The zero-order chi connectivity index (χ0) is 14.0. The number of benzene rings is 2. The molecule has 0 radical (unpaired) electrons. The molecule has 1 atom stereocenters. The average Bonchev–Trinajstić information content (AvgIpc) is 2.52. The van der Waals surface area contributed by atoms with Gasteiger partial charge in [0.15, 0.2) is 0 Å². The Bertz CT molecular complexity index is 502. The number of hydrogen-bond acceptors (Lipinski definition) is 1. The molecule has 0 aromatic heterocycles. The number of hydrogen-bond donors (Lipinski definition) is 1. The highest BCUT2D eigenvalue weighted by Crippen LogP contribution is 2.13. The van der Waals surface area contributed by atoms with Crippen molar-refractivity contribution in [1.82, 2.24) is 0 Å². The summed E-state index contributed by atoms with van der Waals surface area (Å²) in [5.74, 6) is 0. The maximum atomic E-state index is 3.60. The molecule has 2 aromatic rings. The van der Waals surface area contributed by atoms with E-state index in [1.54, 1.807) is 0 Å². The van der Waals surface area contributed by atoms with Crippen molar-refractivity contribution in [2.45, 2.75) is 32.2 Å². The van der Waals surface area contributed by atoms with Crippen LogP contribution in [0.4, 0.5) is 5.69 Å². The Kier molecular flexibility index (Phi) is 5.91. The lowest BCUT2D eigenvalue weighted by molar-refractivity contribution is 0.682. The van der Waals surface area contributed by atoms with Gasteiger partial charge < -0.3 is 5.32 Å². The molecule has 0 bridgehead atoms. The molecule has 1 N–H and O–H groups in total. The van der Waals surface area contributed by atoms with Crippen LogP contribution >= 0.6 is 0 Å². The molecule has 20 heavy (non-hydrogen) atoms. The van der Waals surface area contributed by atoms with Gasteiger partial charge in [0, 0.05) is 11.7 Å². The van der Waals surface area contributed by atoms with Crippen LogP contribution in [0.25, 0.3) is 6.08 Å². The van der Waals surface area contributed by atoms with Crippen LogP contribution in [0.5, 0.6) is 0 Å². The molecule has 0 fully saturated rings. The first kappa shape index (κ1) is 14.4. The molecule has 1 nitrogen and oxygen atoms in total. The quantitative estimate of drug-likeness (QED) is 0.709. The van der Waals surface area contributed by atoms with Gasteiger partial charge in [-0.25, -0.2) is 0 Å². The third-order valence-electron chi connectivity index (χ3n) is 3.32. The Morgan fingerprint density at radius 3 is 2.25 bits per heavy atom. The van der Waals surface area contributed by atoms with E-state index in [2.05, 4.69) is 72.9 Å². The molecule has 0 aliphatic rings. The van der Waals surface area contributed by atoms with Crippen LogP contribution in [0, 0.1) is 0 Å². The molecule has 0 aliphatic heterocycles. The summed E-state index contributed by atoms with van der Waals surface area (Å²) >= 11 is 0. The molecular weight excluding hydrogens is 242 g/mol. The molecule has 0 aliphatic carbocycles. The van der Waals surface area contributed by atoms with Gasteiger partial charge in [0.1, 0.15) is 0 Å². The van der Waals surface area contributed by atoms with Crippen LogP contribution in [0.3, 0.4) is 0 Å². The van der Waals surface area contributed by atoms with Gasteiger partial charge in [0.25, 0.3) is 0 Å². The molecule has 104 valence electrons. The van der Waals surface area contributed by atoms with Crippen molar-refractivity contribution >= 4 is 11.8 Å². The molecular formula is C19H23N. The van der Waals surface area contributed by atoms with Gasteiger partial charge in [-0.3, -0.25) is 0 Å². The third-order valence-corrected chi connectivity index (χ3v) is 3.32. The van der Waals surface area contributed by atoms with E-state index in [0.29, 0.717) is 6.04 Å². The van der Waals surface area contributed by atoms with E-state index >= 15 is 0 Å². The Balaban J connectivity index is 2.01. The Hall–Kier alpha value is -2.02. The van der Waals surface area contributed by atoms with Crippen LogP contribution in [0.1, 0.15) is 31.7 Å². The minimum atomic E-state index is 0.387. The summed E-state index contributed by atoms with van der Waals surface area (Å²) in [6.07, 6.45) is 8.11. The van der Waals surface area contributed by atoms with Crippen molar-refractivity contribution in [3.63, 3.8) is 0 Å². The minimum Gasteiger partial charge on any atom is -0.379 e. The first-order valence-electron chi connectivity index (χ1n) is 7.43. The van der Waals surface area contributed by atoms with Crippen molar-refractivity contribution < 1.29 is 0 Å². The fourth-order valence-corrected chi connectivity index (χ4v) is 2.18. The minimum absolute atomic E-state index is 0.387.